The van der Waals surface area contributed by atoms with Crippen molar-refractivity contribution in [2.24, 2.45) is 5.73 Å². The molecule has 1 rings (SSSR count). The molecule has 80 valence electrons. The van der Waals surface area contributed by atoms with E-state index in [2.05, 4.69) is 20.4 Å². The number of amides is 1. The molecule has 3 nitrogen and oxygen atoms in total. The summed E-state index contributed by atoms with van der Waals surface area (Å²) in [7, 11) is 0. The van der Waals surface area contributed by atoms with Crippen LogP contribution in [0, 0.1) is 0 Å². The minimum Gasteiger partial charge on any atom is -0.333 e. The molecule has 1 aliphatic rings. The molecule has 1 saturated heterocycles. The molecule has 2 N–H and O–H groups in total. The van der Waals surface area contributed by atoms with Gasteiger partial charge < -0.3 is 10.6 Å². The van der Waals surface area contributed by atoms with Crippen molar-refractivity contribution in [3.05, 3.63) is 12.7 Å². The van der Waals surface area contributed by atoms with Crippen LogP contribution in [-0.4, -0.2) is 28.9 Å². The second kappa shape index (κ2) is 4.13. The zero-order chi connectivity index (χ0) is 10.8. The van der Waals surface area contributed by atoms with Crippen molar-refractivity contribution in [2.75, 3.05) is 6.54 Å². The third-order valence-electron chi connectivity index (χ3n) is 2.95. The van der Waals surface area contributed by atoms with E-state index in [1.165, 1.54) is 6.08 Å². The normalized spacial score (nSPS) is 26.8. The molecule has 0 aliphatic carbocycles. The van der Waals surface area contributed by atoms with Crippen molar-refractivity contribution < 1.29 is 4.79 Å². The van der Waals surface area contributed by atoms with Crippen LogP contribution in [-0.2, 0) is 4.79 Å². The Labute approximate surface area is 86.0 Å². The number of nitrogens with two attached hydrogens (primary N) is 1. The molecular weight excluding hydrogens is 176 g/mol. The standard InChI is InChI=1S/C11H20N2O/c1-4-10(14)13-8-9(12)6-5-7-11(13,2)3/h4,9H,1,5-8,12H2,2-3H3/t9-/m1/s1. The second-order valence-electron chi connectivity index (χ2n) is 4.62. The van der Waals surface area contributed by atoms with Gasteiger partial charge in [0.05, 0.1) is 0 Å². The largest absolute Gasteiger partial charge is 0.333 e. The summed E-state index contributed by atoms with van der Waals surface area (Å²) in [5.74, 6) is -0.00708. The van der Waals surface area contributed by atoms with Crippen LogP contribution in [0.25, 0.3) is 0 Å². The molecule has 1 amide bonds. The number of rotatable bonds is 1. The van der Waals surface area contributed by atoms with E-state index in [1.54, 1.807) is 0 Å². The van der Waals surface area contributed by atoms with Crippen LogP contribution in [0.3, 0.4) is 0 Å². The smallest absolute Gasteiger partial charge is 0.246 e. The summed E-state index contributed by atoms with van der Waals surface area (Å²) in [6.07, 6.45) is 4.49. The lowest BCUT2D eigenvalue weighted by Gasteiger charge is -2.37. The van der Waals surface area contributed by atoms with Gasteiger partial charge in [0.1, 0.15) is 0 Å². The number of nitrogens with zero attached hydrogens (tertiary/aromatic N) is 1. The summed E-state index contributed by atoms with van der Waals surface area (Å²) in [4.78, 5) is 13.5. The predicted molar refractivity (Wildman–Crippen MR) is 57.8 cm³/mol. The van der Waals surface area contributed by atoms with Crippen LogP contribution in [0.15, 0.2) is 12.7 Å². The lowest BCUT2D eigenvalue weighted by molar-refractivity contribution is -0.131. The highest BCUT2D eigenvalue weighted by Crippen LogP contribution is 2.26. The maximum Gasteiger partial charge on any atom is 0.246 e. The van der Waals surface area contributed by atoms with Crippen molar-refractivity contribution in [3.8, 4) is 0 Å². The Kier molecular flexibility index (Phi) is 3.32. The molecule has 0 aromatic carbocycles. The lowest BCUT2D eigenvalue weighted by atomic mass is 9.97. The highest BCUT2D eigenvalue weighted by atomic mass is 16.2. The topological polar surface area (TPSA) is 46.3 Å². The average Bonchev–Trinajstić information content (AvgIpc) is 2.24. The van der Waals surface area contributed by atoms with Crippen molar-refractivity contribution in [2.45, 2.75) is 44.7 Å². The summed E-state index contributed by atoms with van der Waals surface area (Å²) in [6.45, 7) is 8.36. The van der Waals surface area contributed by atoms with Gasteiger partial charge in [-0.2, -0.15) is 0 Å². The lowest BCUT2D eigenvalue weighted by Crippen LogP contribution is -2.49. The minimum atomic E-state index is -0.0839. The fourth-order valence-corrected chi connectivity index (χ4v) is 2.00. The molecule has 3 heteroatoms. The van der Waals surface area contributed by atoms with Gasteiger partial charge in [-0.25, -0.2) is 0 Å². The predicted octanol–water partition coefficient (Wildman–Crippen LogP) is 1.29. The van der Waals surface area contributed by atoms with Gasteiger partial charge in [-0.05, 0) is 39.2 Å². The molecule has 0 unspecified atom stereocenters. The second-order valence-corrected chi connectivity index (χ2v) is 4.62. The molecule has 0 radical (unpaired) electrons. The Hall–Kier alpha value is -0.830. The third kappa shape index (κ3) is 2.35. The highest BCUT2D eigenvalue weighted by molar-refractivity contribution is 5.87. The molecular formula is C11H20N2O. The third-order valence-corrected chi connectivity index (χ3v) is 2.95. The number of carbonyl (C=O) groups excluding carboxylic acids is 1. The first kappa shape index (κ1) is 11.2. The Morgan fingerprint density at radius 2 is 2.29 bits per heavy atom. The van der Waals surface area contributed by atoms with E-state index >= 15 is 0 Å². The summed E-state index contributed by atoms with van der Waals surface area (Å²) in [5, 5.41) is 0. The fourth-order valence-electron chi connectivity index (χ4n) is 2.00. The van der Waals surface area contributed by atoms with Crippen LogP contribution in [0.1, 0.15) is 33.1 Å². The number of hydrogen-bond donors (Lipinski definition) is 1. The molecule has 1 heterocycles. The van der Waals surface area contributed by atoms with Gasteiger partial charge in [0.2, 0.25) is 5.91 Å². The van der Waals surface area contributed by atoms with Gasteiger partial charge in [-0.15, -0.1) is 0 Å². The van der Waals surface area contributed by atoms with E-state index in [0.29, 0.717) is 6.54 Å². The zero-order valence-corrected chi connectivity index (χ0v) is 9.12. The SMILES string of the molecule is C=CC(=O)N1C[C@H](N)CCCC1(C)C. The van der Waals surface area contributed by atoms with Gasteiger partial charge in [-0.1, -0.05) is 6.58 Å². The molecule has 14 heavy (non-hydrogen) atoms. The van der Waals surface area contributed by atoms with E-state index < -0.39 is 0 Å². The minimum absolute atomic E-state index is 0.00708. The highest BCUT2D eigenvalue weighted by Gasteiger charge is 2.32. The average molecular weight is 196 g/mol. The molecule has 0 saturated carbocycles. The molecule has 0 spiro atoms. The zero-order valence-electron chi connectivity index (χ0n) is 9.12. The fraction of sp³-hybridized carbons (Fsp3) is 0.727. The van der Waals surface area contributed by atoms with Crippen LogP contribution >= 0.6 is 0 Å². The van der Waals surface area contributed by atoms with Crippen molar-refractivity contribution in [1.29, 1.82) is 0 Å². The molecule has 1 atom stereocenters. The van der Waals surface area contributed by atoms with E-state index in [9.17, 15) is 4.79 Å². The van der Waals surface area contributed by atoms with Gasteiger partial charge in [-0.3, -0.25) is 4.79 Å². The van der Waals surface area contributed by atoms with Crippen molar-refractivity contribution in [3.63, 3.8) is 0 Å². The Morgan fingerprint density at radius 1 is 1.64 bits per heavy atom. The van der Waals surface area contributed by atoms with Gasteiger partial charge in [0, 0.05) is 18.1 Å². The molecule has 0 aromatic heterocycles. The first-order valence-electron chi connectivity index (χ1n) is 5.17. The first-order chi connectivity index (χ1) is 6.47. The van der Waals surface area contributed by atoms with Crippen molar-refractivity contribution in [1.82, 2.24) is 4.90 Å². The maximum absolute atomic E-state index is 11.6. The number of likely N-dealkylation sites (tertiary alicyclic amines) is 1. The molecule has 0 aromatic rings. The van der Waals surface area contributed by atoms with E-state index in [4.69, 9.17) is 5.73 Å². The molecule has 0 bridgehead atoms. The van der Waals surface area contributed by atoms with Crippen LogP contribution < -0.4 is 5.73 Å². The Morgan fingerprint density at radius 3 is 2.86 bits per heavy atom. The summed E-state index contributed by atoms with van der Waals surface area (Å²) in [6, 6.07) is 0.112. The number of hydrogen-bond acceptors (Lipinski definition) is 2. The summed E-state index contributed by atoms with van der Waals surface area (Å²) in [5.41, 5.74) is 5.83. The van der Waals surface area contributed by atoms with E-state index in [0.717, 1.165) is 19.3 Å². The van der Waals surface area contributed by atoms with E-state index in [1.807, 2.05) is 4.90 Å². The Balaban J connectivity index is 2.84. The van der Waals surface area contributed by atoms with Gasteiger partial charge >= 0.3 is 0 Å². The first-order valence-corrected chi connectivity index (χ1v) is 5.17. The van der Waals surface area contributed by atoms with Crippen LogP contribution in [0.5, 0.6) is 0 Å². The maximum atomic E-state index is 11.6. The van der Waals surface area contributed by atoms with E-state index in [-0.39, 0.29) is 17.5 Å². The molecule has 1 aliphatic heterocycles. The molecule has 1 fully saturated rings. The quantitative estimate of drug-likeness (QED) is 0.642. The van der Waals surface area contributed by atoms with Crippen LogP contribution in [0.2, 0.25) is 0 Å². The monoisotopic (exact) mass is 196 g/mol. The summed E-state index contributed by atoms with van der Waals surface area (Å²) >= 11 is 0. The van der Waals surface area contributed by atoms with Crippen LogP contribution in [0.4, 0.5) is 0 Å². The Bertz CT molecular complexity index is 235. The summed E-state index contributed by atoms with van der Waals surface area (Å²) < 4.78 is 0. The number of carbonyl (C=O) groups is 1. The van der Waals surface area contributed by atoms with Gasteiger partial charge in [0.15, 0.2) is 0 Å². The van der Waals surface area contributed by atoms with Gasteiger partial charge in [0.25, 0.3) is 0 Å². The van der Waals surface area contributed by atoms with Crippen molar-refractivity contribution >= 4 is 5.91 Å².